The number of nitrogens with two attached hydrogens (primary N) is 1. The second-order valence-corrected chi connectivity index (χ2v) is 5.73. The molecule has 3 rings (SSSR count). The summed E-state index contributed by atoms with van der Waals surface area (Å²) >= 11 is 3.50. The Morgan fingerprint density at radius 1 is 1.38 bits per heavy atom. The molecule has 0 aromatic carbocycles. The second kappa shape index (κ2) is 3.74. The van der Waals surface area contributed by atoms with Gasteiger partial charge in [0.25, 0.3) is 0 Å². The largest absolute Gasteiger partial charge is 0.383 e. The maximum Gasteiger partial charge on any atom is 0.136 e. The Kier molecular flexibility index (Phi) is 2.47. The van der Waals surface area contributed by atoms with Crippen molar-refractivity contribution in [1.82, 2.24) is 14.7 Å². The molecule has 0 aliphatic carbocycles. The maximum absolute atomic E-state index is 6.10. The number of anilines is 1. The highest BCUT2D eigenvalue weighted by Gasteiger charge is 2.36. The first kappa shape index (κ1) is 10.6. The van der Waals surface area contributed by atoms with E-state index in [1.807, 2.05) is 11.6 Å². The van der Waals surface area contributed by atoms with Gasteiger partial charge in [0.15, 0.2) is 0 Å². The Labute approximate surface area is 104 Å². The van der Waals surface area contributed by atoms with Crippen LogP contribution in [0.1, 0.15) is 24.6 Å². The van der Waals surface area contributed by atoms with Crippen LogP contribution in [-0.2, 0) is 0 Å². The van der Waals surface area contributed by atoms with Crippen LogP contribution in [0.3, 0.4) is 0 Å². The van der Waals surface area contributed by atoms with Gasteiger partial charge in [-0.1, -0.05) is 0 Å². The third-order valence-corrected chi connectivity index (χ3v) is 4.94. The minimum atomic E-state index is 0.503. The van der Waals surface area contributed by atoms with Crippen LogP contribution in [0.5, 0.6) is 0 Å². The number of nitrogen functional groups attached to an aromatic ring is 1. The smallest absolute Gasteiger partial charge is 0.136 e. The summed E-state index contributed by atoms with van der Waals surface area (Å²) < 4.78 is 3.01. The van der Waals surface area contributed by atoms with E-state index in [4.69, 9.17) is 5.73 Å². The number of fused-ring (bicyclic) bond motifs is 2. The summed E-state index contributed by atoms with van der Waals surface area (Å²) in [6.07, 6.45) is 2.48. The molecule has 2 bridgehead atoms. The van der Waals surface area contributed by atoms with E-state index in [9.17, 15) is 0 Å². The van der Waals surface area contributed by atoms with E-state index in [-0.39, 0.29) is 0 Å². The molecule has 0 amide bonds. The van der Waals surface area contributed by atoms with Gasteiger partial charge in [-0.05, 0) is 48.2 Å². The molecule has 2 N–H and O–H groups in total. The van der Waals surface area contributed by atoms with Crippen LogP contribution in [0.15, 0.2) is 4.47 Å². The van der Waals surface area contributed by atoms with Crippen molar-refractivity contribution in [3.63, 3.8) is 0 Å². The summed E-state index contributed by atoms with van der Waals surface area (Å²) in [6.45, 7) is 5.67. The van der Waals surface area contributed by atoms with Crippen molar-refractivity contribution in [3.05, 3.63) is 10.2 Å². The van der Waals surface area contributed by atoms with Gasteiger partial charge >= 0.3 is 0 Å². The van der Waals surface area contributed by atoms with E-state index < -0.39 is 0 Å². The van der Waals surface area contributed by atoms with Crippen molar-refractivity contribution in [2.45, 2.75) is 25.8 Å². The molecule has 4 nitrogen and oxygen atoms in total. The van der Waals surface area contributed by atoms with Gasteiger partial charge in [0.1, 0.15) is 5.82 Å². The normalized spacial score (nSPS) is 33.2. The number of piperidine rings is 1. The van der Waals surface area contributed by atoms with E-state index in [0.717, 1.165) is 21.9 Å². The number of aryl methyl sites for hydroxylation is 1. The fourth-order valence-electron chi connectivity index (χ4n) is 3.05. The molecule has 0 spiro atoms. The first-order chi connectivity index (χ1) is 7.66. The quantitative estimate of drug-likeness (QED) is 0.856. The summed E-state index contributed by atoms with van der Waals surface area (Å²) in [5, 5.41) is 4.58. The average molecular weight is 285 g/mol. The molecule has 2 saturated heterocycles. The van der Waals surface area contributed by atoms with Crippen molar-refractivity contribution in [2.24, 2.45) is 5.92 Å². The molecule has 0 radical (unpaired) electrons. The standard InChI is InChI=1S/C11H17BrN4/c1-7-10(12)11(13)16(14-7)9-3-5-15-4-2-8(9)6-15/h8-9H,2-6,13H2,1H3. The molecule has 3 unspecified atom stereocenters. The van der Waals surface area contributed by atoms with E-state index in [1.54, 1.807) is 0 Å². The predicted molar refractivity (Wildman–Crippen MR) is 67.3 cm³/mol. The first-order valence-corrected chi connectivity index (χ1v) is 6.68. The highest BCUT2D eigenvalue weighted by molar-refractivity contribution is 9.10. The lowest BCUT2D eigenvalue weighted by molar-refractivity contribution is 0.196. The molecule has 0 saturated carbocycles. The van der Waals surface area contributed by atoms with Crippen molar-refractivity contribution < 1.29 is 0 Å². The molecular formula is C11H17BrN4. The molecule has 88 valence electrons. The van der Waals surface area contributed by atoms with Crippen LogP contribution < -0.4 is 5.73 Å². The number of rotatable bonds is 1. The summed E-state index contributed by atoms with van der Waals surface area (Å²) in [5.74, 6) is 1.53. The lowest BCUT2D eigenvalue weighted by Gasteiger charge is -2.31. The minimum Gasteiger partial charge on any atom is -0.383 e. The van der Waals surface area contributed by atoms with Gasteiger partial charge in [-0.25, -0.2) is 4.68 Å². The van der Waals surface area contributed by atoms with E-state index in [1.165, 1.54) is 32.5 Å². The fourth-order valence-corrected chi connectivity index (χ4v) is 3.31. The molecule has 2 aliphatic heterocycles. The lowest BCUT2D eigenvalue weighted by atomic mass is 9.94. The predicted octanol–water partition coefficient (Wildman–Crippen LogP) is 1.80. The van der Waals surface area contributed by atoms with Crippen molar-refractivity contribution in [3.8, 4) is 0 Å². The summed E-state index contributed by atoms with van der Waals surface area (Å²) in [5.41, 5.74) is 7.10. The van der Waals surface area contributed by atoms with Crippen LogP contribution in [0.4, 0.5) is 5.82 Å². The summed E-state index contributed by atoms with van der Waals surface area (Å²) in [6, 6.07) is 0.503. The molecule has 2 aliphatic rings. The zero-order valence-corrected chi connectivity index (χ0v) is 11.1. The molecular weight excluding hydrogens is 268 g/mol. The molecule has 3 heterocycles. The number of hydrogen-bond donors (Lipinski definition) is 1. The van der Waals surface area contributed by atoms with E-state index in [0.29, 0.717) is 6.04 Å². The zero-order valence-electron chi connectivity index (χ0n) is 9.49. The van der Waals surface area contributed by atoms with Gasteiger partial charge < -0.3 is 10.6 Å². The molecule has 1 aromatic rings. The van der Waals surface area contributed by atoms with Gasteiger partial charge in [0.2, 0.25) is 0 Å². The third-order valence-electron chi connectivity index (χ3n) is 3.96. The van der Waals surface area contributed by atoms with E-state index >= 15 is 0 Å². The Balaban J connectivity index is 1.94. The molecule has 3 atom stereocenters. The number of hydrogen-bond acceptors (Lipinski definition) is 3. The second-order valence-electron chi connectivity index (χ2n) is 4.93. The van der Waals surface area contributed by atoms with E-state index in [2.05, 4.69) is 25.9 Å². The minimum absolute atomic E-state index is 0.503. The average Bonchev–Trinajstić information content (AvgIpc) is 2.77. The Hall–Kier alpha value is -0.550. The molecule has 5 heteroatoms. The SMILES string of the molecule is Cc1nn(C2CCN3CCC2C3)c(N)c1Br. The van der Waals surface area contributed by atoms with Gasteiger partial charge in [-0.15, -0.1) is 0 Å². The molecule has 16 heavy (non-hydrogen) atoms. The van der Waals surface area contributed by atoms with Gasteiger partial charge in [0, 0.05) is 13.1 Å². The molecule has 1 aromatic heterocycles. The lowest BCUT2D eigenvalue weighted by Crippen LogP contribution is -2.34. The van der Waals surface area contributed by atoms with Crippen LogP contribution in [0.25, 0.3) is 0 Å². The zero-order chi connectivity index (χ0) is 11.3. The maximum atomic E-state index is 6.10. The van der Waals surface area contributed by atoms with Crippen molar-refractivity contribution >= 4 is 21.7 Å². The fraction of sp³-hybridized carbons (Fsp3) is 0.727. The topological polar surface area (TPSA) is 47.1 Å². The van der Waals surface area contributed by atoms with Crippen LogP contribution in [-0.4, -0.2) is 34.3 Å². The van der Waals surface area contributed by atoms with Gasteiger partial charge in [-0.2, -0.15) is 5.10 Å². The van der Waals surface area contributed by atoms with Gasteiger partial charge in [0.05, 0.1) is 16.2 Å². The van der Waals surface area contributed by atoms with Gasteiger partial charge in [-0.3, -0.25) is 0 Å². The first-order valence-electron chi connectivity index (χ1n) is 5.89. The van der Waals surface area contributed by atoms with Crippen molar-refractivity contribution in [2.75, 3.05) is 25.4 Å². The molecule has 2 fully saturated rings. The highest BCUT2D eigenvalue weighted by atomic mass is 79.9. The number of nitrogens with zero attached hydrogens (tertiary/aromatic N) is 3. The number of halogens is 1. The third kappa shape index (κ3) is 1.49. The summed E-state index contributed by atoms with van der Waals surface area (Å²) in [7, 11) is 0. The Morgan fingerprint density at radius 2 is 2.12 bits per heavy atom. The van der Waals surface area contributed by atoms with Crippen LogP contribution in [0, 0.1) is 12.8 Å². The van der Waals surface area contributed by atoms with Crippen molar-refractivity contribution in [1.29, 1.82) is 0 Å². The Bertz CT molecular complexity index is 414. The highest BCUT2D eigenvalue weighted by Crippen LogP contribution is 2.38. The van der Waals surface area contributed by atoms with Crippen LogP contribution in [0.2, 0.25) is 0 Å². The monoisotopic (exact) mass is 284 g/mol. The summed E-state index contributed by atoms with van der Waals surface area (Å²) in [4.78, 5) is 2.54. The van der Waals surface area contributed by atoms with Crippen LogP contribution >= 0.6 is 15.9 Å². The Morgan fingerprint density at radius 3 is 2.81 bits per heavy atom. The number of aromatic nitrogens is 2.